The summed E-state index contributed by atoms with van der Waals surface area (Å²) < 4.78 is 0. The van der Waals surface area contributed by atoms with Crippen molar-refractivity contribution in [3.8, 4) is 0 Å². The van der Waals surface area contributed by atoms with Gasteiger partial charge in [-0.3, -0.25) is 0 Å². The Hall–Kier alpha value is -1.02. The molecule has 2 rings (SSSR count). The first-order valence-corrected chi connectivity index (χ1v) is 7.61. The molecule has 0 radical (unpaired) electrons. The number of likely N-dealkylation sites (N-methyl/N-ethyl adjacent to an activating group) is 1. The van der Waals surface area contributed by atoms with E-state index in [1.165, 1.54) is 16.8 Å². The van der Waals surface area contributed by atoms with Gasteiger partial charge in [0.2, 0.25) is 0 Å². The number of rotatable bonds is 3. The van der Waals surface area contributed by atoms with Crippen LogP contribution in [0.15, 0.2) is 18.2 Å². The molecule has 0 aliphatic carbocycles. The largest absolute Gasteiger partial charge is 0.369 e. The number of benzene rings is 1. The van der Waals surface area contributed by atoms with Crippen molar-refractivity contribution in [3.05, 3.63) is 29.3 Å². The molecule has 0 saturated carbocycles. The second-order valence-corrected chi connectivity index (χ2v) is 6.17. The van der Waals surface area contributed by atoms with Gasteiger partial charge in [-0.05, 0) is 49.6 Å². The average molecular weight is 260 g/mol. The van der Waals surface area contributed by atoms with Gasteiger partial charge in [-0.2, -0.15) is 0 Å². The lowest BCUT2D eigenvalue weighted by Crippen LogP contribution is -2.50. The van der Waals surface area contributed by atoms with E-state index in [0.29, 0.717) is 12.0 Å². The quantitative estimate of drug-likeness (QED) is 0.820. The van der Waals surface area contributed by atoms with E-state index in [2.05, 4.69) is 62.7 Å². The minimum absolute atomic E-state index is 0.621. The Kier molecular flexibility index (Phi) is 4.51. The van der Waals surface area contributed by atoms with Crippen LogP contribution in [0.2, 0.25) is 0 Å². The van der Waals surface area contributed by atoms with E-state index in [0.717, 1.165) is 26.1 Å². The van der Waals surface area contributed by atoms with Crippen LogP contribution < -0.4 is 4.90 Å². The predicted molar refractivity (Wildman–Crippen MR) is 84.2 cm³/mol. The van der Waals surface area contributed by atoms with E-state index in [1.54, 1.807) is 0 Å². The molecule has 1 fully saturated rings. The first-order chi connectivity index (χ1) is 9.02. The lowest BCUT2D eigenvalue weighted by Gasteiger charge is -2.39. The summed E-state index contributed by atoms with van der Waals surface area (Å²) in [5.74, 6) is 0.621. The van der Waals surface area contributed by atoms with Gasteiger partial charge in [-0.1, -0.05) is 26.8 Å². The monoisotopic (exact) mass is 260 g/mol. The van der Waals surface area contributed by atoms with E-state index in [-0.39, 0.29) is 0 Å². The van der Waals surface area contributed by atoms with Crippen molar-refractivity contribution in [3.63, 3.8) is 0 Å². The van der Waals surface area contributed by atoms with Gasteiger partial charge in [0.05, 0.1) is 0 Å². The Morgan fingerprint density at radius 1 is 1.26 bits per heavy atom. The molecule has 1 aliphatic rings. The van der Waals surface area contributed by atoms with Crippen molar-refractivity contribution in [2.75, 3.05) is 31.6 Å². The zero-order chi connectivity index (χ0) is 14.0. The molecule has 0 aromatic heterocycles. The number of hydrogen-bond donors (Lipinski definition) is 0. The summed E-state index contributed by atoms with van der Waals surface area (Å²) in [5.41, 5.74) is 4.42. The molecule has 1 aromatic rings. The molecule has 2 nitrogen and oxygen atoms in total. The summed E-state index contributed by atoms with van der Waals surface area (Å²) >= 11 is 0. The third-order valence-corrected chi connectivity index (χ3v) is 4.45. The first-order valence-electron chi connectivity index (χ1n) is 7.61. The van der Waals surface area contributed by atoms with Crippen LogP contribution in [0, 0.1) is 0 Å². The van der Waals surface area contributed by atoms with Gasteiger partial charge in [0.25, 0.3) is 0 Å². The zero-order valence-electron chi connectivity index (χ0n) is 13.1. The molecule has 0 bridgehead atoms. The highest BCUT2D eigenvalue weighted by Crippen LogP contribution is 2.26. The minimum atomic E-state index is 0.621. The summed E-state index contributed by atoms with van der Waals surface area (Å²) in [6.45, 7) is 12.6. The zero-order valence-corrected chi connectivity index (χ0v) is 13.1. The molecule has 1 aliphatic heterocycles. The third-order valence-electron chi connectivity index (χ3n) is 4.45. The van der Waals surface area contributed by atoms with Crippen LogP contribution in [-0.2, 0) is 6.42 Å². The Bertz CT molecular complexity index is 425. The predicted octanol–water partition coefficient (Wildman–Crippen LogP) is 3.51. The molecule has 1 atom stereocenters. The molecule has 19 heavy (non-hydrogen) atoms. The number of nitrogens with zero attached hydrogens (tertiary/aromatic N) is 2. The van der Waals surface area contributed by atoms with Crippen LogP contribution in [0.4, 0.5) is 5.69 Å². The molecule has 106 valence electrons. The van der Waals surface area contributed by atoms with Gasteiger partial charge in [-0.25, -0.2) is 0 Å². The van der Waals surface area contributed by atoms with Crippen LogP contribution in [0.1, 0.15) is 44.7 Å². The third kappa shape index (κ3) is 3.11. The molecule has 2 heteroatoms. The van der Waals surface area contributed by atoms with Crippen molar-refractivity contribution in [1.29, 1.82) is 0 Å². The molecule has 1 heterocycles. The second kappa shape index (κ2) is 5.96. The highest BCUT2D eigenvalue weighted by atomic mass is 15.3. The van der Waals surface area contributed by atoms with Crippen molar-refractivity contribution < 1.29 is 0 Å². The standard InChI is InChI=1S/C17H28N2/c1-6-15-11-16(7-8-17(15)13(2)3)19-10-9-18(5)14(4)12-19/h7-8,11,13-14H,6,9-10,12H2,1-5H3. The molecule has 0 spiro atoms. The average Bonchev–Trinajstić information content (AvgIpc) is 2.41. The van der Waals surface area contributed by atoms with E-state index in [1.807, 2.05) is 0 Å². The molecule has 0 N–H and O–H groups in total. The Balaban J connectivity index is 2.21. The van der Waals surface area contributed by atoms with E-state index in [9.17, 15) is 0 Å². The van der Waals surface area contributed by atoms with E-state index in [4.69, 9.17) is 0 Å². The van der Waals surface area contributed by atoms with Crippen molar-refractivity contribution >= 4 is 5.69 Å². The second-order valence-electron chi connectivity index (χ2n) is 6.17. The van der Waals surface area contributed by atoms with Crippen LogP contribution >= 0.6 is 0 Å². The van der Waals surface area contributed by atoms with Crippen LogP contribution in [0.5, 0.6) is 0 Å². The SMILES string of the molecule is CCc1cc(N2CCN(C)C(C)C2)ccc1C(C)C. The smallest absolute Gasteiger partial charge is 0.0370 e. The van der Waals surface area contributed by atoms with Gasteiger partial charge < -0.3 is 9.80 Å². The van der Waals surface area contributed by atoms with Crippen molar-refractivity contribution in [1.82, 2.24) is 4.90 Å². The lowest BCUT2D eigenvalue weighted by atomic mass is 9.95. The van der Waals surface area contributed by atoms with E-state index >= 15 is 0 Å². The van der Waals surface area contributed by atoms with Gasteiger partial charge in [0, 0.05) is 31.4 Å². The molecule has 0 amide bonds. The summed E-state index contributed by atoms with van der Waals surface area (Å²) in [6, 6.07) is 7.70. The number of anilines is 1. The Labute approximate surface area is 118 Å². The highest BCUT2D eigenvalue weighted by molar-refractivity contribution is 5.52. The summed E-state index contributed by atoms with van der Waals surface area (Å²) in [5, 5.41) is 0. The summed E-state index contributed by atoms with van der Waals surface area (Å²) in [4.78, 5) is 4.98. The topological polar surface area (TPSA) is 6.48 Å². The van der Waals surface area contributed by atoms with Gasteiger partial charge in [0.15, 0.2) is 0 Å². The van der Waals surface area contributed by atoms with Gasteiger partial charge in [-0.15, -0.1) is 0 Å². The summed E-state index contributed by atoms with van der Waals surface area (Å²) in [7, 11) is 2.22. The number of hydrogen-bond acceptors (Lipinski definition) is 2. The Morgan fingerprint density at radius 3 is 2.58 bits per heavy atom. The van der Waals surface area contributed by atoms with Crippen LogP contribution in [0.25, 0.3) is 0 Å². The molecule has 1 aromatic carbocycles. The normalized spacial score (nSPS) is 21.2. The maximum absolute atomic E-state index is 2.54. The molecule has 1 unspecified atom stereocenters. The van der Waals surface area contributed by atoms with Crippen molar-refractivity contribution in [2.45, 2.75) is 46.1 Å². The summed E-state index contributed by atoms with van der Waals surface area (Å²) in [6.07, 6.45) is 1.13. The Morgan fingerprint density at radius 2 is 2.00 bits per heavy atom. The van der Waals surface area contributed by atoms with Gasteiger partial charge >= 0.3 is 0 Å². The fraction of sp³-hybridized carbons (Fsp3) is 0.647. The maximum Gasteiger partial charge on any atom is 0.0370 e. The van der Waals surface area contributed by atoms with Crippen molar-refractivity contribution in [2.24, 2.45) is 0 Å². The van der Waals surface area contributed by atoms with Gasteiger partial charge in [0.1, 0.15) is 0 Å². The van der Waals surface area contributed by atoms with Crippen LogP contribution in [-0.4, -0.2) is 37.6 Å². The first kappa shape index (κ1) is 14.4. The molecular formula is C17H28N2. The van der Waals surface area contributed by atoms with Crippen LogP contribution in [0.3, 0.4) is 0 Å². The highest BCUT2D eigenvalue weighted by Gasteiger charge is 2.21. The fourth-order valence-electron chi connectivity index (χ4n) is 2.94. The minimum Gasteiger partial charge on any atom is -0.369 e. The van der Waals surface area contributed by atoms with E-state index < -0.39 is 0 Å². The number of aryl methyl sites for hydroxylation is 1. The molecular weight excluding hydrogens is 232 g/mol. The number of piperazine rings is 1. The lowest BCUT2D eigenvalue weighted by molar-refractivity contribution is 0.234. The fourth-order valence-corrected chi connectivity index (χ4v) is 2.94. The maximum atomic E-state index is 2.54. The molecule has 1 saturated heterocycles.